The first-order valence-electron chi connectivity index (χ1n) is 4.12. The summed E-state index contributed by atoms with van der Waals surface area (Å²) in [7, 11) is 0. The number of hydrogen-bond donors (Lipinski definition) is 1. The van der Waals surface area contributed by atoms with Crippen molar-refractivity contribution in [3.8, 4) is 0 Å². The van der Waals surface area contributed by atoms with Gasteiger partial charge in [0.15, 0.2) is 5.58 Å². The van der Waals surface area contributed by atoms with Crippen molar-refractivity contribution in [3.05, 3.63) is 34.6 Å². The largest absolute Gasteiger partial charge is 0.478 e. The molecule has 0 aliphatic rings. The third-order valence-electron chi connectivity index (χ3n) is 1.73. The van der Waals surface area contributed by atoms with Gasteiger partial charge in [-0.2, -0.15) is 0 Å². The molecule has 0 bridgehead atoms. The Labute approximate surface area is 93.4 Å². The molecule has 0 atom stereocenters. The van der Waals surface area contributed by atoms with Crippen molar-refractivity contribution in [2.24, 2.45) is 0 Å². The first-order chi connectivity index (χ1) is 7.15. The van der Waals surface area contributed by atoms with Crippen molar-refractivity contribution in [1.29, 1.82) is 0 Å². The summed E-state index contributed by atoms with van der Waals surface area (Å²) in [4.78, 5) is 14.4. The van der Waals surface area contributed by atoms with Crippen LogP contribution in [0.5, 0.6) is 0 Å². The van der Waals surface area contributed by atoms with Gasteiger partial charge in [0, 0.05) is 16.6 Å². The predicted octanol–water partition coefficient (Wildman–Crippen LogP) is 2.69. The molecule has 0 saturated heterocycles. The fourth-order valence-corrected chi connectivity index (χ4v) is 1.48. The van der Waals surface area contributed by atoms with Crippen LogP contribution in [0.4, 0.5) is 0 Å². The van der Waals surface area contributed by atoms with Crippen molar-refractivity contribution < 1.29 is 14.3 Å². The molecule has 1 heterocycles. The topological polar surface area (TPSA) is 63.3 Å². The summed E-state index contributed by atoms with van der Waals surface area (Å²) in [5, 5.41) is 8.43. The number of carboxylic acids is 1. The highest BCUT2D eigenvalue weighted by Crippen LogP contribution is 2.20. The van der Waals surface area contributed by atoms with Crippen LogP contribution in [0.25, 0.3) is 17.2 Å². The average Bonchev–Trinajstić information content (AvgIpc) is 2.56. The van der Waals surface area contributed by atoms with E-state index in [1.54, 1.807) is 12.1 Å². The quantitative estimate of drug-likeness (QED) is 0.850. The van der Waals surface area contributed by atoms with Gasteiger partial charge in [-0.15, -0.1) is 0 Å². The summed E-state index contributed by atoms with van der Waals surface area (Å²) >= 11 is 3.31. The Morgan fingerprint density at radius 3 is 3.07 bits per heavy atom. The van der Waals surface area contributed by atoms with Crippen LogP contribution in [-0.4, -0.2) is 16.1 Å². The predicted molar refractivity (Wildman–Crippen MR) is 58.4 cm³/mol. The van der Waals surface area contributed by atoms with E-state index >= 15 is 0 Å². The summed E-state index contributed by atoms with van der Waals surface area (Å²) in [5.74, 6) is -0.746. The van der Waals surface area contributed by atoms with Crippen molar-refractivity contribution in [2.75, 3.05) is 0 Å². The molecule has 0 saturated carbocycles. The van der Waals surface area contributed by atoms with Gasteiger partial charge in [0.2, 0.25) is 5.89 Å². The fourth-order valence-electron chi connectivity index (χ4n) is 1.13. The molecule has 2 rings (SSSR count). The van der Waals surface area contributed by atoms with E-state index in [2.05, 4.69) is 20.9 Å². The molecule has 5 heteroatoms. The minimum atomic E-state index is -1.03. The third-order valence-corrected chi connectivity index (χ3v) is 2.23. The monoisotopic (exact) mass is 267 g/mol. The molecular formula is C10H6BrNO3. The van der Waals surface area contributed by atoms with E-state index in [-0.39, 0.29) is 5.89 Å². The second kappa shape index (κ2) is 3.86. The number of benzene rings is 1. The zero-order valence-corrected chi connectivity index (χ0v) is 9.06. The third kappa shape index (κ3) is 2.24. The normalized spacial score (nSPS) is 11.3. The van der Waals surface area contributed by atoms with Crippen molar-refractivity contribution in [3.63, 3.8) is 0 Å². The summed E-state index contributed by atoms with van der Waals surface area (Å²) in [6.07, 6.45) is 2.30. The van der Waals surface area contributed by atoms with E-state index in [0.717, 1.165) is 10.5 Å². The van der Waals surface area contributed by atoms with Crippen LogP contribution in [0.15, 0.2) is 33.2 Å². The minimum absolute atomic E-state index is 0.283. The molecule has 0 aliphatic carbocycles. The smallest absolute Gasteiger partial charge is 0.328 e. The van der Waals surface area contributed by atoms with Gasteiger partial charge in [0.25, 0.3) is 0 Å². The minimum Gasteiger partial charge on any atom is -0.478 e. The van der Waals surface area contributed by atoms with Crippen LogP contribution in [-0.2, 0) is 4.79 Å². The maximum absolute atomic E-state index is 10.3. The Hall–Kier alpha value is -1.62. The average molecular weight is 268 g/mol. The summed E-state index contributed by atoms with van der Waals surface area (Å²) in [6.45, 7) is 0. The maximum Gasteiger partial charge on any atom is 0.328 e. The van der Waals surface area contributed by atoms with Crippen LogP contribution in [0.1, 0.15) is 5.89 Å². The highest BCUT2D eigenvalue weighted by atomic mass is 79.9. The lowest BCUT2D eigenvalue weighted by atomic mass is 10.3. The van der Waals surface area contributed by atoms with E-state index in [9.17, 15) is 4.79 Å². The number of hydrogen-bond acceptors (Lipinski definition) is 3. The first kappa shape index (κ1) is 9.92. The molecule has 1 aromatic heterocycles. The Morgan fingerprint density at radius 1 is 1.53 bits per heavy atom. The van der Waals surface area contributed by atoms with Crippen LogP contribution < -0.4 is 0 Å². The number of halogens is 1. The molecule has 0 spiro atoms. The number of oxazole rings is 1. The number of nitrogens with zero attached hydrogens (tertiary/aromatic N) is 1. The number of aromatic nitrogens is 1. The molecule has 0 aliphatic heterocycles. The molecule has 4 nitrogen and oxygen atoms in total. The second-order valence-corrected chi connectivity index (χ2v) is 3.75. The molecule has 0 amide bonds. The highest BCUT2D eigenvalue weighted by Gasteiger charge is 2.03. The summed E-state index contributed by atoms with van der Waals surface area (Å²) in [6, 6.07) is 5.40. The fraction of sp³-hybridized carbons (Fsp3) is 0. The lowest BCUT2D eigenvalue weighted by molar-refractivity contribution is -0.131. The number of fused-ring (bicyclic) bond motifs is 1. The van der Waals surface area contributed by atoms with Crippen molar-refractivity contribution >= 4 is 39.1 Å². The number of carbonyl (C=O) groups is 1. The van der Waals surface area contributed by atoms with E-state index in [1.165, 1.54) is 6.08 Å². The molecule has 15 heavy (non-hydrogen) atoms. The second-order valence-electron chi connectivity index (χ2n) is 2.84. The highest BCUT2D eigenvalue weighted by molar-refractivity contribution is 9.10. The van der Waals surface area contributed by atoms with Gasteiger partial charge >= 0.3 is 5.97 Å². The zero-order valence-electron chi connectivity index (χ0n) is 7.48. The standard InChI is InChI=1S/C10H6BrNO3/c11-6-1-2-8-7(5-6)12-9(15-8)3-4-10(13)14/h1-5H,(H,13,14)/b4-3+. The van der Waals surface area contributed by atoms with E-state index < -0.39 is 5.97 Å². The van der Waals surface area contributed by atoms with Crippen LogP contribution in [0.3, 0.4) is 0 Å². The van der Waals surface area contributed by atoms with E-state index in [4.69, 9.17) is 9.52 Å². The molecular weight excluding hydrogens is 262 g/mol. The van der Waals surface area contributed by atoms with Crippen LogP contribution in [0, 0.1) is 0 Å². The summed E-state index contributed by atoms with van der Waals surface area (Å²) < 4.78 is 6.19. The van der Waals surface area contributed by atoms with Gasteiger partial charge in [-0.3, -0.25) is 0 Å². The van der Waals surface area contributed by atoms with Gasteiger partial charge in [0.05, 0.1) is 0 Å². The molecule has 0 fully saturated rings. The number of aliphatic carboxylic acids is 1. The molecule has 0 unspecified atom stereocenters. The SMILES string of the molecule is O=C(O)/C=C/c1nc2cc(Br)ccc2o1. The van der Waals surface area contributed by atoms with Gasteiger partial charge in [0.1, 0.15) is 5.52 Å². The Kier molecular flexibility index (Phi) is 2.55. The van der Waals surface area contributed by atoms with Crippen LogP contribution in [0.2, 0.25) is 0 Å². The van der Waals surface area contributed by atoms with Crippen molar-refractivity contribution in [2.45, 2.75) is 0 Å². The maximum atomic E-state index is 10.3. The molecule has 1 N–H and O–H groups in total. The van der Waals surface area contributed by atoms with Gasteiger partial charge in [-0.25, -0.2) is 9.78 Å². The Bertz CT molecular complexity index is 545. The lowest BCUT2D eigenvalue weighted by Crippen LogP contribution is -1.85. The van der Waals surface area contributed by atoms with Gasteiger partial charge in [-0.1, -0.05) is 15.9 Å². The zero-order chi connectivity index (χ0) is 10.8. The van der Waals surface area contributed by atoms with Gasteiger partial charge < -0.3 is 9.52 Å². The van der Waals surface area contributed by atoms with Crippen LogP contribution >= 0.6 is 15.9 Å². The molecule has 1 aromatic carbocycles. The number of carboxylic acid groups (broad SMARTS) is 1. The van der Waals surface area contributed by atoms with E-state index in [1.807, 2.05) is 6.07 Å². The molecule has 0 radical (unpaired) electrons. The van der Waals surface area contributed by atoms with E-state index in [0.29, 0.717) is 11.1 Å². The lowest BCUT2D eigenvalue weighted by Gasteiger charge is -1.85. The first-order valence-corrected chi connectivity index (χ1v) is 4.91. The Balaban J connectivity index is 2.43. The molecule has 76 valence electrons. The molecule has 2 aromatic rings. The summed E-state index contributed by atoms with van der Waals surface area (Å²) in [5.41, 5.74) is 1.32. The van der Waals surface area contributed by atoms with Crippen molar-refractivity contribution in [1.82, 2.24) is 4.98 Å². The van der Waals surface area contributed by atoms with Gasteiger partial charge in [-0.05, 0) is 18.2 Å². The number of rotatable bonds is 2. The Morgan fingerprint density at radius 2 is 2.33 bits per heavy atom.